The Morgan fingerprint density at radius 2 is 1.87 bits per heavy atom. The summed E-state index contributed by atoms with van der Waals surface area (Å²) in [5.41, 5.74) is 1.50. The normalized spacial score (nSPS) is 24.3. The number of alkyl halides is 2. The predicted molar refractivity (Wildman–Crippen MR) is 106 cm³/mol. The van der Waals surface area contributed by atoms with E-state index in [-0.39, 0.29) is 23.5 Å². The van der Waals surface area contributed by atoms with E-state index < -0.39 is 12.6 Å². The van der Waals surface area contributed by atoms with Crippen molar-refractivity contribution < 1.29 is 27.8 Å². The number of carboxylic acids is 1. The molecule has 1 N–H and O–H groups in total. The lowest BCUT2D eigenvalue weighted by molar-refractivity contribution is -0.202. The molecule has 5 nitrogen and oxygen atoms in total. The number of benzene rings is 1. The molecule has 1 aliphatic carbocycles. The summed E-state index contributed by atoms with van der Waals surface area (Å²) < 4.78 is 45.1. The molecule has 0 bridgehead atoms. The zero-order valence-corrected chi connectivity index (χ0v) is 17.2. The summed E-state index contributed by atoms with van der Waals surface area (Å²) in [5.74, 6) is -1.04. The van der Waals surface area contributed by atoms with Gasteiger partial charge in [0.1, 0.15) is 5.82 Å². The highest BCUT2D eigenvalue weighted by molar-refractivity contribution is 6.05. The first kappa shape index (κ1) is 21.2. The van der Waals surface area contributed by atoms with Gasteiger partial charge in [0.05, 0.1) is 17.2 Å². The van der Waals surface area contributed by atoms with Gasteiger partial charge in [-0.3, -0.25) is 4.90 Å². The molecule has 2 aliphatic rings. The Labute approximate surface area is 173 Å². The molecule has 30 heavy (non-hydrogen) atoms. The highest BCUT2D eigenvalue weighted by atomic mass is 19.3. The van der Waals surface area contributed by atoms with Gasteiger partial charge >= 0.3 is 12.6 Å². The van der Waals surface area contributed by atoms with Crippen LogP contribution in [-0.2, 0) is 4.74 Å². The van der Waals surface area contributed by atoms with Gasteiger partial charge < -0.3 is 14.4 Å². The molecule has 0 amide bonds. The van der Waals surface area contributed by atoms with Crippen molar-refractivity contribution in [2.24, 2.45) is 5.92 Å². The predicted octanol–water partition coefficient (Wildman–Crippen LogP) is 4.83. The average molecular weight is 424 g/mol. The van der Waals surface area contributed by atoms with Crippen molar-refractivity contribution in [3.8, 4) is 0 Å². The minimum absolute atomic E-state index is 0.0367. The van der Waals surface area contributed by atoms with Crippen LogP contribution in [0.15, 0.2) is 18.2 Å². The first-order chi connectivity index (χ1) is 14.3. The second-order valence-corrected chi connectivity index (χ2v) is 8.58. The second-order valence-electron chi connectivity index (χ2n) is 8.58. The van der Waals surface area contributed by atoms with Crippen LogP contribution in [0.1, 0.15) is 54.7 Å². The van der Waals surface area contributed by atoms with Crippen LogP contribution < -0.4 is 0 Å². The Morgan fingerprint density at radius 3 is 2.47 bits per heavy atom. The molecule has 4 rings (SSSR count). The molecule has 0 radical (unpaired) electrons. The SMILES string of the molecule is Cc1c(C(=O)O)c2ccc(F)cc2n1[C@H](C)C1CCC(N2CC(OC(F)F)C2)CC1. The van der Waals surface area contributed by atoms with Gasteiger partial charge in [-0.05, 0) is 63.6 Å². The number of rotatable bonds is 6. The van der Waals surface area contributed by atoms with Crippen molar-refractivity contribution in [1.29, 1.82) is 0 Å². The Bertz CT molecular complexity index is 931. The Kier molecular flexibility index (Phi) is 5.81. The minimum Gasteiger partial charge on any atom is -0.478 e. The lowest BCUT2D eigenvalue weighted by Gasteiger charge is -2.46. The fourth-order valence-corrected chi connectivity index (χ4v) is 5.37. The lowest BCUT2D eigenvalue weighted by atomic mass is 9.80. The molecule has 1 saturated carbocycles. The molecule has 1 saturated heterocycles. The maximum atomic E-state index is 13.9. The van der Waals surface area contributed by atoms with E-state index in [0.717, 1.165) is 25.7 Å². The first-order valence-electron chi connectivity index (χ1n) is 10.5. The van der Waals surface area contributed by atoms with E-state index in [1.807, 2.05) is 4.57 Å². The van der Waals surface area contributed by atoms with Crippen LogP contribution in [0.3, 0.4) is 0 Å². The van der Waals surface area contributed by atoms with Gasteiger partial charge in [-0.2, -0.15) is 8.78 Å². The summed E-state index contributed by atoms with van der Waals surface area (Å²) >= 11 is 0. The zero-order chi connectivity index (χ0) is 21.6. The van der Waals surface area contributed by atoms with E-state index in [4.69, 9.17) is 0 Å². The maximum Gasteiger partial charge on any atom is 0.345 e. The molecule has 1 aliphatic heterocycles. The number of carboxylic acid groups (broad SMARTS) is 1. The summed E-state index contributed by atoms with van der Waals surface area (Å²) in [6, 6.07) is 4.67. The summed E-state index contributed by atoms with van der Waals surface area (Å²) in [5, 5.41) is 10.2. The third-order valence-corrected chi connectivity index (χ3v) is 6.94. The van der Waals surface area contributed by atoms with Gasteiger partial charge in [0, 0.05) is 36.3 Å². The minimum atomic E-state index is -2.71. The van der Waals surface area contributed by atoms with Gasteiger partial charge in [0.2, 0.25) is 0 Å². The van der Waals surface area contributed by atoms with Crippen LogP contribution in [0.2, 0.25) is 0 Å². The third kappa shape index (κ3) is 3.83. The van der Waals surface area contributed by atoms with Gasteiger partial charge in [0.15, 0.2) is 0 Å². The topological polar surface area (TPSA) is 54.7 Å². The zero-order valence-electron chi connectivity index (χ0n) is 17.2. The molecule has 2 fully saturated rings. The third-order valence-electron chi connectivity index (χ3n) is 6.94. The molecule has 2 aromatic rings. The number of hydrogen-bond donors (Lipinski definition) is 1. The van der Waals surface area contributed by atoms with Gasteiger partial charge in [-0.15, -0.1) is 0 Å². The molecule has 0 spiro atoms. The number of nitrogens with zero attached hydrogens (tertiary/aromatic N) is 2. The number of aromatic nitrogens is 1. The summed E-state index contributed by atoms with van der Waals surface area (Å²) in [6.45, 7) is 2.25. The van der Waals surface area contributed by atoms with Crippen molar-refractivity contribution in [1.82, 2.24) is 9.47 Å². The number of halogens is 3. The number of hydrogen-bond acceptors (Lipinski definition) is 3. The van der Waals surface area contributed by atoms with Crippen molar-refractivity contribution in [3.05, 3.63) is 35.3 Å². The maximum absolute atomic E-state index is 13.9. The summed E-state index contributed by atoms with van der Waals surface area (Å²) in [6.07, 6.45) is 3.47. The quantitative estimate of drug-likeness (QED) is 0.722. The van der Waals surface area contributed by atoms with Gasteiger partial charge in [-0.1, -0.05) is 0 Å². The molecule has 1 atom stereocenters. The van der Waals surface area contributed by atoms with Crippen molar-refractivity contribution >= 4 is 16.9 Å². The monoisotopic (exact) mass is 424 g/mol. The number of aromatic carboxylic acids is 1. The summed E-state index contributed by atoms with van der Waals surface area (Å²) in [4.78, 5) is 14.0. The van der Waals surface area contributed by atoms with E-state index in [1.54, 1.807) is 13.0 Å². The number of ether oxygens (including phenoxy) is 1. The number of fused-ring (bicyclic) bond motifs is 1. The summed E-state index contributed by atoms with van der Waals surface area (Å²) in [7, 11) is 0. The molecule has 8 heteroatoms. The van der Waals surface area contributed by atoms with E-state index in [2.05, 4.69) is 16.6 Å². The molecule has 1 aromatic heterocycles. The van der Waals surface area contributed by atoms with E-state index in [1.165, 1.54) is 12.1 Å². The number of carbonyl (C=O) groups is 1. The molecular weight excluding hydrogens is 397 g/mol. The van der Waals surface area contributed by atoms with Crippen molar-refractivity contribution in [3.63, 3.8) is 0 Å². The standard InChI is InChI=1S/C22H27F3N2O3/c1-12(14-3-6-16(7-4-14)26-10-17(11-26)30-22(24)25)27-13(2)20(21(28)29)18-8-5-15(23)9-19(18)27/h5,8-9,12,14,16-17,22H,3-4,6-7,10-11H2,1-2H3,(H,28,29)/t12-,14?,16?/m1/s1. The molecule has 1 aromatic carbocycles. The molecule has 0 unspecified atom stereocenters. The van der Waals surface area contributed by atoms with E-state index >= 15 is 0 Å². The van der Waals surface area contributed by atoms with Gasteiger partial charge in [-0.25, -0.2) is 9.18 Å². The largest absolute Gasteiger partial charge is 0.478 e. The highest BCUT2D eigenvalue weighted by Gasteiger charge is 2.37. The fourth-order valence-electron chi connectivity index (χ4n) is 5.37. The molecule has 2 heterocycles. The number of likely N-dealkylation sites (tertiary alicyclic amines) is 1. The smallest absolute Gasteiger partial charge is 0.345 e. The second kappa shape index (κ2) is 8.23. The average Bonchev–Trinajstić information content (AvgIpc) is 2.95. The Morgan fingerprint density at radius 1 is 1.20 bits per heavy atom. The molecule has 164 valence electrons. The Balaban J connectivity index is 1.47. The van der Waals surface area contributed by atoms with Crippen LogP contribution in [0, 0.1) is 18.7 Å². The van der Waals surface area contributed by atoms with Crippen LogP contribution in [-0.4, -0.2) is 52.4 Å². The van der Waals surface area contributed by atoms with Crippen LogP contribution in [0.4, 0.5) is 13.2 Å². The van der Waals surface area contributed by atoms with Crippen LogP contribution in [0.25, 0.3) is 10.9 Å². The van der Waals surface area contributed by atoms with Crippen molar-refractivity contribution in [2.75, 3.05) is 13.1 Å². The van der Waals surface area contributed by atoms with Crippen LogP contribution in [0.5, 0.6) is 0 Å². The van der Waals surface area contributed by atoms with Gasteiger partial charge in [0.25, 0.3) is 0 Å². The van der Waals surface area contributed by atoms with E-state index in [9.17, 15) is 23.1 Å². The first-order valence-corrected chi connectivity index (χ1v) is 10.5. The molecular formula is C22H27F3N2O3. The van der Waals surface area contributed by atoms with Crippen molar-refractivity contribution in [2.45, 2.75) is 64.3 Å². The fraction of sp³-hybridized carbons (Fsp3) is 0.591. The lowest BCUT2D eigenvalue weighted by Crippen LogP contribution is -2.57. The van der Waals surface area contributed by atoms with E-state index in [0.29, 0.717) is 41.6 Å². The van der Waals surface area contributed by atoms with Crippen LogP contribution >= 0.6 is 0 Å². The highest BCUT2D eigenvalue weighted by Crippen LogP contribution is 2.39. The Hall–Kier alpha value is -2.06.